The highest BCUT2D eigenvalue weighted by molar-refractivity contribution is 7.89. The second-order valence-corrected chi connectivity index (χ2v) is 7.29. The van der Waals surface area contributed by atoms with Crippen LogP contribution in [0.25, 0.3) is 0 Å². The molecule has 0 aliphatic carbocycles. The lowest BCUT2D eigenvalue weighted by Gasteiger charge is -2.11. The van der Waals surface area contributed by atoms with Crippen LogP contribution in [0.2, 0.25) is 5.02 Å². The number of sulfonamides is 1. The van der Waals surface area contributed by atoms with Crippen LogP contribution in [-0.4, -0.2) is 28.0 Å². The fraction of sp³-hybridized carbons (Fsp3) is 0.188. The van der Waals surface area contributed by atoms with E-state index in [9.17, 15) is 26.4 Å². The van der Waals surface area contributed by atoms with E-state index >= 15 is 0 Å². The summed E-state index contributed by atoms with van der Waals surface area (Å²) in [6.45, 7) is -1.12. The highest BCUT2D eigenvalue weighted by atomic mass is 35.5. The average Bonchev–Trinajstić information content (AvgIpc) is 2.62. The molecule has 0 spiro atoms. The van der Waals surface area contributed by atoms with Gasteiger partial charge in [-0.25, -0.2) is 21.6 Å². The van der Waals surface area contributed by atoms with Gasteiger partial charge in [-0.2, -0.15) is 4.72 Å². The molecule has 146 valence electrons. The second kappa shape index (κ2) is 8.59. The van der Waals surface area contributed by atoms with Crippen LogP contribution in [0.3, 0.4) is 0 Å². The monoisotopic (exact) mass is 423 g/mol. The zero-order chi connectivity index (χ0) is 20.2. The standard InChI is InChI=1S/C16H13ClF3NO5S/c1-25-12-4-2-10(17)6-9(12)8-26-14(22)7-21-27(23,24)13-5-3-11(18)15(19)16(13)20/h2-6,21H,7-8H2,1H3. The average molecular weight is 424 g/mol. The zero-order valence-electron chi connectivity index (χ0n) is 13.8. The summed E-state index contributed by atoms with van der Waals surface area (Å²) in [4.78, 5) is 10.6. The molecule has 0 saturated carbocycles. The van der Waals surface area contributed by atoms with Crippen molar-refractivity contribution in [1.82, 2.24) is 4.72 Å². The van der Waals surface area contributed by atoms with Crippen LogP contribution in [0.5, 0.6) is 5.75 Å². The molecule has 0 heterocycles. The highest BCUT2D eigenvalue weighted by Gasteiger charge is 2.24. The molecule has 0 atom stereocenters. The van der Waals surface area contributed by atoms with Crippen LogP contribution in [0.4, 0.5) is 13.2 Å². The topological polar surface area (TPSA) is 81.7 Å². The Morgan fingerprint density at radius 3 is 2.52 bits per heavy atom. The second-order valence-electron chi connectivity index (χ2n) is 5.11. The van der Waals surface area contributed by atoms with Gasteiger partial charge in [-0.15, -0.1) is 0 Å². The SMILES string of the molecule is COc1ccc(Cl)cc1COC(=O)CNS(=O)(=O)c1ccc(F)c(F)c1F. The van der Waals surface area contributed by atoms with Crippen molar-refractivity contribution in [2.45, 2.75) is 11.5 Å². The normalized spacial score (nSPS) is 11.3. The molecule has 6 nitrogen and oxygen atoms in total. The van der Waals surface area contributed by atoms with Crippen molar-refractivity contribution < 1.29 is 35.9 Å². The number of carbonyl (C=O) groups excluding carboxylic acids is 1. The van der Waals surface area contributed by atoms with E-state index in [0.717, 1.165) is 0 Å². The van der Waals surface area contributed by atoms with Crippen molar-refractivity contribution in [1.29, 1.82) is 0 Å². The maximum Gasteiger partial charge on any atom is 0.321 e. The molecule has 0 amide bonds. The molecule has 1 N–H and O–H groups in total. The minimum atomic E-state index is -4.61. The van der Waals surface area contributed by atoms with E-state index < -0.39 is 44.9 Å². The van der Waals surface area contributed by atoms with E-state index in [4.69, 9.17) is 21.1 Å². The molecular weight excluding hydrogens is 411 g/mol. The van der Waals surface area contributed by atoms with Crippen molar-refractivity contribution in [2.24, 2.45) is 0 Å². The third-order valence-corrected chi connectivity index (χ3v) is 4.98. The molecule has 0 radical (unpaired) electrons. The molecule has 11 heteroatoms. The highest BCUT2D eigenvalue weighted by Crippen LogP contribution is 2.23. The van der Waals surface area contributed by atoms with Crippen LogP contribution < -0.4 is 9.46 Å². The Bertz CT molecular complexity index is 969. The molecular formula is C16H13ClF3NO5S. The number of nitrogens with one attached hydrogen (secondary N) is 1. The van der Waals surface area contributed by atoms with E-state index in [-0.39, 0.29) is 6.61 Å². The molecule has 0 fully saturated rings. The lowest BCUT2D eigenvalue weighted by atomic mass is 10.2. The van der Waals surface area contributed by atoms with Crippen molar-refractivity contribution in [2.75, 3.05) is 13.7 Å². The van der Waals surface area contributed by atoms with Crippen molar-refractivity contribution in [3.63, 3.8) is 0 Å². The predicted molar refractivity (Wildman–Crippen MR) is 89.3 cm³/mol. The quantitative estimate of drug-likeness (QED) is 0.547. The van der Waals surface area contributed by atoms with Crippen LogP contribution in [0.1, 0.15) is 5.56 Å². The number of rotatable bonds is 7. The number of ether oxygens (including phenoxy) is 2. The summed E-state index contributed by atoms with van der Waals surface area (Å²) in [7, 11) is -3.20. The molecule has 0 saturated heterocycles. The lowest BCUT2D eigenvalue weighted by Crippen LogP contribution is -2.31. The minimum Gasteiger partial charge on any atom is -0.496 e. The summed E-state index contributed by atoms with van der Waals surface area (Å²) < 4.78 is 75.3. The zero-order valence-corrected chi connectivity index (χ0v) is 15.3. The minimum absolute atomic E-state index is 0.260. The summed E-state index contributed by atoms with van der Waals surface area (Å²) in [6, 6.07) is 5.61. The maximum atomic E-state index is 13.6. The molecule has 0 aliphatic rings. The molecule has 0 aromatic heterocycles. The number of halogens is 4. The third kappa shape index (κ3) is 5.12. The largest absolute Gasteiger partial charge is 0.496 e. The Kier molecular flexibility index (Phi) is 6.68. The molecule has 2 rings (SSSR count). The lowest BCUT2D eigenvalue weighted by molar-refractivity contribution is -0.143. The Morgan fingerprint density at radius 2 is 1.85 bits per heavy atom. The summed E-state index contributed by atoms with van der Waals surface area (Å²) in [5.41, 5.74) is 0.438. The van der Waals surface area contributed by atoms with Crippen molar-refractivity contribution >= 4 is 27.6 Å². The predicted octanol–water partition coefficient (Wildman–Crippen LogP) is 2.79. The van der Waals surface area contributed by atoms with Gasteiger partial charge in [0.1, 0.15) is 23.8 Å². The van der Waals surface area contributed by atoms with Crippen LogP contribution in [-0.2, 0) is 26.2 Å². The van der Waals surface area contributed by atoms with Crippen LogP contribution >= 0.6 is 11.6 Å². The van der Waals surface area contributed by atoms with Gasteiger partial charge in [0.25, 0.3) is 0 Å². The fourth-order valence-corrected chi connectivity index (χ4v) is 3.25. The van der Waals surface area contributed by atoms with Gasteiger partial charge in [0, 0.05) is 10.6 Å². The van der Waals surface area contributed by atoms with Crippen molar-refractivity contribution in [3.05, 3.63) is 58.4 Å². The van der Waals surface area contributed by atoms with Gasteiger partial charge in [0.15, 0.2) is 17.5 Å². The summed E-state index contributed by atoms with van der Waals surface area (Å²) in [5, 5.41) is 0.372. The Hall–Kier alpha value is -2.30. The fourth-order valence-electron chi connectivity index (χ4n) is 2.02. The Labute approximate surface area is 157 Å². The summed E-state index contributed by atoms with van der Waals surface area (Å²) >= 11 is 5.84. The first kappa shape index (κ1) is 21.0. The number of hydrogen-bond donors (Lipinski definition) is 1. The van der Waals surface area contributed by atoms with Gasteiger partial charge in [0.05, 0.1) is 7.11 Å². The third-order valence-electron chi connectivity index (χ3n) is 3.33. The number of hydrogen-bond acceptors (Lipinski definition) is 5. The molecule has 0 aliphatic heterocycles. The van der Waals surface area contributed by atoms with E-state index in [1.807, 2.05) is 0 Å². The molecule has 27 heavy (non-hydrogen) atoms. The molecule has 0 unspecified atom stereocenters. The molecule has 2 aromatic rings. The van der Waals surface area contributed by atoms with Crippen LogP contribution in [0, 0.1) is 17.5 Å². The number of carbonyl (C=O) groups is 1. The van der Waals surface area contributed by atoms with Crippen LogP contribution in [0.15, 0.2) is 35.2 Å². The first-order valence-electron chi connectivity index (χ1n) is 7.27. The van der Waals surface area contributed by atoms with Gasteiger partial charge in [0.2, 0.25) is 10.0 Å². The van der Waals surface area contributed by atoms with Gasteiger partial charge < -0.3 is 9.47 Å². The molecule has 0 bridgehead atoms. The first-order chi connectivity index (χ1) is 12.7. The van der Waals surface area contributed by atoms with Gasteiger partial charge in [-0.1, -0.05) is 11.6 Å². The maximum absolute atomic E-state index is 13.6. The smallest absolute Gasteiger partial charge is 0.321 e. The Morgan fingerprint density at radius 1 is 1.15 bits per heavy atom. The first-order valence-corrected chi connectivity index (χ1v) is 9.13. The number of methoxy groups -OCH3 is 1. The van der Waals surface area contributed by atoms with Crippen molar-refractivity contribution in [3.8, 4) is 5.75 Å². The summed E-state index contributed by atoms with van der Waals surface area (Å²) in [5.74, 6) is -5.96. The van der Waals surface area contributed by atoms with Gasteiger partial charge in [-0.3, -0.25) is 4.79 Å². The Balaban J connectivity index is 2.01. The van der Waals surface area contributed by atoms with E-state index in [1.54, 1.807) is 16.9 Å². The van der Waals surface area contributed by atoms with Gasteiger partial charge in [-0.05, 0) is 30.3 Å². The number of benzene rings is 2. The van der Waals surface area contributed by atoms with E-state index in [1.165, 1.54) is 13.2 Å². The summed E-state index contributed by atoms with van der Waals surface area (Å²) in [6.07, 6.45) is 0. The molecule has 2 aromatic carbocycles. The van der Waals surface area contributed by atoms with Gasteiger partial charge >= 0.3 is 5.97 Å². The number of esters is 1. The van der Waals surface area contributed by atoms with E-state index in [2.05, 4.69) is 0 Å². The van der Waals surface area contributed by atoms with E-state index in [0.29, 0.717) is 28.5 Å².